The van der Waals surface area contributed by atoms with Crippen LogP contribution in [0.25, 0.3) is 0 Å². The average Bonchev–Trinajstić information content (AvgIpc) is 1.87. The molecule has 0 N–H and O–H groups in total. The van der Waals surface area contributed by atoms with Gasteiger partial charge < -0.3 is 0 Å². The fourth-order valence-electron chi connectivity index (χ4n) is 0.555. The summed E-state index contributed by atoms with van der Waals surface area (Å²) in [5, 5.41) is 0. The molecule has 0 aromatic heterocycles. The zero-order valence-corrected chi connectivity index (χ0v) is 9.13. The summed E-state index contributed by atoms with van der Waals surface area (Å²) >= 11 is 2.08. The molecule has 0 rings (SSSR count). The highest BCUT2D eigenvalue weighted by Gasteiger charge is 1.83. The smallest absolute Gasteiger partial charge is 0.0115 e. The van der Waals surface area contributed by atoms with Gasteiger partial charge in [-0.2, -0.15) is 11.8 Å². The lowest BCUT2D eigenvalue weighted by Gasteiger charge is -1.95. The minimum atomic E-state index is -0.0675. The lowest BCUT2D eigenvalue weighted by atomic mass is 10.4. The molecule has 0 fully saturated rings. The molecule has 0 aliphatic carbocycles. The summed E-state index contributed by atoms with van der Waals surface area (Å²) in [6.07, 6.45) is 2.72. The second kappa shape index (κ2) is 7.75. The standard InChI is InChI=1S/C8H19PS/c1-4-5-7-10-8-6-9(2)3/h6,9H,4-5,7-8H2,1-3H3. The Hall–Kier alpha value is 0.650. The predicted octanol–water partition coefficient (Wildman–Crippen LogP) is 2.80. The maximum absolute atomic E-state index is 2.48. The van der Waals surface area contributed by atoms with Crippen molar-refractivity contribution in [3.8, 4) is 0 Å². The lowest BCUT2D eigenvalue weighted by Crippen LogP contribution is -1.82. The molecule has 0 saturated carbocycles. The van der Waals surface area contributed by atoms with Gasteiger partial charge in [0, 0.05) is 5.75 Å². The monoisotopic (exact) mass is 178 g/mol. The first-order chi connectivity index (χ1) is 4.77. The Labute approximate surface area is 70.2 Å². The fraction of sp³-hybridized carbons (Fsp3) is 0.875. The van der Waals surface area contributed by atoms with Crippen molar-refractivity contribution >= 4 is 25.1 Å². The molecule has 0 aromatic rings. The summed E-state index contributed by atoms with van der Waals surface area (Å²) in [6.45, 7) is 6.93. The van der Waals surface area contributed by atoms with Gasteiger partial charge in [0.1, 0.15) is 0 Å². The highest BCUT2D eigenvalue weighted by Crippen LogP contribution is 2.10. The molecule has 0 amide bonds. The maximum atomic E-state index is 2.48. The molecule has 0 atom stereocenters. The third-order valence-electron chi connectivity index (χ3n) is 1.25. The van der Waals surface area contributed by atoms with E-state index in [9.17, 15) is 0 Å². The maximum Gasteiger partial charge on any atom is 0.0115 e. The Morgan fingerprint density at radius 1 is 1.40 bits per heavy atom. The topological polar surface area (TPSA) is 0 Å². The number of hydrogen-bond acceptors (Lipinski definition) is 1. The number of rotatable bonds is 5. The highest BCUT2D eigenvalue weighted by atomic mass is 32.2. The number of thioether (sulfide) groups is 1. The van der Waals surface area contributed by atoms with Crippen LogP contribution in [0.5, 0.6) is 0 Å². The van der Waals surface area contributed by atoms with Crippen LogP contribution in [0.15, 0.2) is 0 Å². The van der Waals surface area contributed by atoms with Gasteiger partial charge in [-0.25, -0.2) is 0 Å². The summed E-state index contributed by atoms with van der Waals surface area (Å²) in [5.41, 5.74) is 0. The zero-order valence-electron chi connectivity index (χ0n) is 7.31. The summed E-state index contributed by atoms with van der Waals surface area (Å²) in [7, 11) is -0.0675. The minimum Gasteiger partial charge on any atom is -0.158 e. The van der Waals surface area contributed by atoms with Crippen molar-refractivity contribution in [3.63, 3.8) is 0 Å². The predicted molar refractivity (Wildman–Crippen MR) is 58.5 cm³/mol. The molecule has 62 valence electrons. The van der Waals surface area contributed by atoms with E-state index in [1.54, 1.807) is 0 Å². The molecule has 0 bridgehead atoms. The van der Waals surface area contributed by atoms with E-state index in [4.69, 9.17) is 0 Å². The van der Waals surface area contributed by atoms with E-state index in [1.165, 1.54) is 24.3 Å². The van der Waals surface area contributed by atoms with Crippen molar-refractivity contribution in [2.75, 3.05) is 24.8 Å². The van der Waals surface area contributed by atoms with Gasteiger partial charge in [-0.15, -0.1) is 7.55 Å². The Kier molecular flexibility index (Phi) is 8.26. The normalized spacial score (nSPS) is 10.4. The second-order valence-electron chi connectivity index (χ2n) is 2.71. The molecule has 0 nitrogen and oxygen atoms in total. The van der Waals surface area contributed by atoms with Crippen LogP contribution < -0.4 is 0 Å². The van der Waals surface area contributed by atoms with Crippen LogP contribution in [0.1, 0.15) is 19.8 Å². The molecule has 0 radical (unpaired) electrons. The summed E-state index contributed by atoms with van der Waals surface area (Å²) in [5.74, 6) is 5.11. The number of unbranched alkanes of at least 4 members (excludes halogenated alkanes) is 1. The van der Waals surface area contributed by atoms with E-state index < -0.39 is 0 Å². The van der Waals surface area contributed by atoms with Crippen molar-refractivity contribution in [1.82, 2.24) is 0 Å². The third-order valence-corrected chi connectivity index (χ3v) is 3.55. The third kappa shape index (κ3) is 8.65. The van der Waals surface area contributed by atoms with E-state index in [-0.39, 0.29) is 7.55 Å². The van der Waals surface area contributed by atoms with Gasteiger partial charge in [0.15, 0.2) is 0 Å². The van der Waals surface area contributed by atoms with Gasteiger partial charge >= 0.3 is 0 Å². The van der Waals surface area contributed by atoms with E-state index in [2.05, 4.69) is 37.8 Å². The Morgan fingerprint density at radius 3 is 2.60 bits per heavy atom. The Balaban J connectivity index is 2.98. The first-order valence-corrected chi connectivity index (χ1v) is 7.71. The lowest BCUT2D eigenvalue weighted by molar-refractivity contribution is 0.897. The van der Waals surface area contributed by atoms with E-state index in [1.807, 2.05) is 0 Å². The molecule has 0 aliphatic rings. The average molecular weight is 178 g/mol. The molecular formula is C8H19PS. The Bertz CT molecular complexity index is 95.4. The first kappa shape index (κ1) is 10.7. The molecule has 2 heteroatoms. The van der Waals surface area contributed by atoms with Crippen molar-refractivity contribution in [1.29, 1.82) is 0 Å². The Morgan fingerprint density at radius 2 is 2.10 bits per heavy atom. The highest BCUT2D eigenvalue weighted by molar-refractivity contribution is 8.00. The van der Waals surface area contributed by atoms with Gasteiger partial charge in [-0.05, 0) is 25.5 Å². The van der Waals surface area contributed by atoms with Crippen LogP contribution in [0.3, 0.4) is 0 Å². The molecular weight excluding hydrogens is 159 g/mol. The van der Waals surface area contributed by atoms with Crippen LogP contribution in [-0.2, 0) is 0 Å². The molecule has 0 saturated heterocycles. The van der Waals surface area contributed by atoms with Crippen LogP contribution in [0.2, 0.25) is 0 Å². The summed E-state index contributed by atoms with van der Waals surface area (Å²) in [4.78, 5) is 0. The molecule has 0 aromatic carbocycles. The van der Waals surface area contributed by atoms with E-state index >= 15 is 0 Å². The quantitative estimate of drug-likeness (QED) is 0.461. The molecule has 10 heavy (non-hydrogen) atoms. The van der Waals surface area contributed by atoms with Crippen molar-refractivity contribution in [2.45, 2.75) is 19.8 Å². The first-order valence-electron chi connectivity index (χ1n) is 3.98. The fourth-order valence-corrected chi connectivity index (χ4v) is 3.02. The molecule has 0 aliphatic heterocycles. The summed E-state index contributed by atoms with van der Waals surface area (Å²) in [6, 6.07) is 0. The largest absolute Gasteiger partial charge is 0.158 e. The van der Waals surface area contributed by atoms with Gasteiger partial charge in [-0.1, -0.05) is 19.1 Å². The van der Waals surface area contributed by atoms with Crippen LogP contribution >= 0.6 is 19.3 Å². The van der Waals surface area contributed by atoms with E-state index in [0.717, 1.165) is 0 Å². The van der Waals surface area contributed by atoms with Gasteiger partial charge in [0.25, 0.3) is 0 Å². The van der Waals surface area contributed by atoms with Crippen molar-refractivity contribution < 1.29 is 0 Å². The molecule has 0 spiro atoms. The van der Waals surface area contributed by atoms with Crippen molar-refractivity contribution in [2.24, 2.45) is 0 Å². The minimum absolute atomic E-state index is 0.0675. The molecule has 0 heterocycles. The second-order valence-corrected chi connectivity index (χ2v) is 6.42. The zero-order chi connectivity index (χ0) is 7.82. The van der Waals surface area contributed by atoms with Crippen molar-refractivity contribution in [3.05, 3.63) is 0 Å². The number of hydrogen-bond donors (Lipinski definition) is 0. The van der Waals surface area contributed by atoms with Crippen LogP contribution in [0.4, 0.5) is 0 Å². The SMILES string of the molecule is CCCCSCC=[PH](C)C. The van der Waals surface area contributed by atoms with Crippen LogP contribution in [-0.4, -0.2) is 30.6 Å². The van der Waals surface area contributed by atoms with E-state index in [0.29, 0.717) is 0 Å². The van der Waals surface area contributed by atoms with Gasteiger partial charge in [0.2, 0.25) is 0 Å². The molecule has 0 unspecified atom stereocenters. The van der Waals surface area contributed by atoms with Gasteiger partial charge in [0.05, 0.1) is 0 Å². The van der Waals surface area contributed by atoms with Gasteiger partial charge in [-0.3, -0.25) is 0 Å². The summed E-state index contributed by atoms with van der Waals surface area (Å²) < 4.78 is 0. The van der Waals surface area contributed by atoms with Crippen LogP contribution in [0, 0.1) is 0 Å².